The summed E-state index contributed by atoms with van der Waals surface area (Å²) in [6.45, 7) is 4.31. The largest absolute Gasteiger partial charge is 0.478 e. The number of alkyl halides is 3. The van der Waals surface area contributed by atoms with Crippen LogP contribution in [-0.2, 0) is 6.54 Å². The lowest BCUT2D eigenvalue weighted by molar-refractivity contribution is -0.136. The van der Waals surface area contributed by atoms with Gasteiger partial charge in [-0.25, -0.2) is 4.98 Å². The van der Waals surface area contributed by atoms with Crippen LogP contribution in [0.15, 0.2) is 12.1 Å². The van der Waals surface area contributed by atoms with Crippen molar-refractivity contribution in [2.75, 3.05) is 6.61 Å². The number of nitrogens with zero attached hydrogens (tertiary/aromatic N) is 1. The molecule has 108 valence electrons. The van der Waals surface area contributed by atoms with Crippen LogP contribution in [0.1, 0.15) is 43.9 Å². The molecule has 0 spiro atoms. The van der Waals surface area contributed by atoms with Crippen LogP contribution in [0.2, 0.25) is 0 Å². The van der Waals surface area contributed by atoms with E-state index < -0.39 is 12.6 Å². The van der Waals surface area contributed by atoms with Gasteiger partial charge in [0.25, 0.3) is 0 Å². The second-order valence-electron chi connectivity index (χ2n) is 4.66. The molecule has 0 bridgehead atoms. The molecule has 0 aliphatic heterocycles. The minimum Gasteiger partial charge on any atom is -0.478 e. The fourth-order valence-electron chi connectivity index (χ4n) is 1.52. The van der Waals surface area contributed by atoms with Gasteiger partial charge in [0.2, 0.25) is 5.88 Å². The van der Waals surface area contributed by atoms with Crippen LogP contribution in [0.3, 0.4) is 0 Å². The lowest BCUT2D eigenvalue weighted by atomic mass is 10.1. The van der Waals surface area contributed by atoms with E-state index >= 15 is 0 Å². The zero-order valence-corrected chi connectivity index (χ0v) is 11.1. The maximum Gasteiger partial charge on any atom is 0.389 e. The molecule has 0 saturated carbocycles. The van der Waals surface area contributed by atoms with E-state index in [0.29, 0.717) is 12.4 Å². The minimum absolute atomic E-state index is 0.00191. The van der Waals surface area contributed by atoms with E-state index in [9.17, 15) is 13.2 Å². The number of aromatic nitrogens is 1. The van der Waals surface area contributed by atoms with Gasteiger partial charge >= 0.3 is 6.18 Å². The Hall–Kier alpha value is -1.30. The van der Waals surface area contributed by atoms with Crippen molar-refractivity contribution in [3.05, 3.63) is 23.4 Å². The molecule has 2 N–H and O–H groups in total. The van der Waals surface area contributed by atoms with Crippen molar-refractivity contribution in [1.29, 1.82) is 0 Å². The monoisotopic (exact) mass is 276 g/mol. The number of hydrogen-bond donors (Lipinski definition) is 1. The molecule has 0 radical (unpaired) electrons. The lowest BCUT2D eigenvalue weighted by Gasteiger charge is -2.12. The first-order valence-electron chi connectivity index (χ1n) is 6.22. The summed E-state index contributed by atoms with van der Waals surface area (Å²) in [4.78, 5) is 4.26. The van der Waals surface area contributed by atoms with Crippen LogP contribution in [-0.4, -0.2) is 17.8 Å². The third-order valence-corrected chi connectivity index (χ3v) is 2.56. The summed E-state index contributed by atoms with van der Waals surface area (Å²) in [6.07, 6.45) is -5.06. The van der Waals surface area contributed by atoms with Gasteiger partial charge < -0.3 is 10.5 Å². The van der Waals surface area contributed by atoms with Gasteiger partial charge in [-0.05, 0) is 24.0 Å². The first-order valence-corrected chi connectivity index (χ1v) is 6.22. The van der Waals surface area contributed by atoms with Crippen molar-refractivity contribution in [2.45, 2.75) is 45.3 Å². The molecule has 0 aliphatic rings. The van der Waals surface area contributed by atoms with E-state index in [1.54, 1.807) is 6.07 Å². The maximum atomic E-state index is 12.0. The Kier molecular flexibility index (Phi) is 5.60. The minimum atomic E-state index is -4.14. The molecular weight excluding hydrogens is 257 g/mol. The maximum absolute atomic E-state index is 12.0. The second-order valence-corrected chi connectivity index (χ2v) is 4.66. The summed E-state index contributed by atoms with van der Waals surface area (Å²) in [5.41, 5.74) is 7.26. The molecule has 0 saturated heterocycles. The number of hydrogen-bond acceptors (Lipinski definition) is 3. The number of ether oxygens (including phenoxy) is 1. The molecule has 6 heteroatoms. The van der Waals surface area contributed by atoms with Crippen molar-refractivity contribution in [3.63, 3.8) is 0 Å². The smallest absolute Gasteiger partial charge is 0.389 e. The normalized spacial score (nSPS) is 11.9. The molecule has 0 aliphatic carbocycles. The Morgan fingerprint density at radius 3 is 2.53 bits per heavy atom. The van der Waals surface area contributed by atoms with E-state index in [1.807, 2.05) is 19.9 Å². The topological polar surface area (TPSA) is 48.1 Å². The summed E-state index contributed by atoms with van der Waals surface area (Å²) in [5.74, 6) is 0.554. The van der Waals surface area contributed by atoms with Crippen molar-refractivity contribution >= 4 is 0 Å². The highest BCUT2D eigenvalue weighted by Gasteiger charge is 2.26. The second kappa shape index (κ2) is 6.75. The summed E-state index contributed by atoms with van der Waals surface area (Å²) in [5, 5.41) is 0. The molecule has 0 amide bonds. The fraction of sp³-hybridized carbons (Fsp3) is 0.615. The van der Waals surface area contributed by atoms with Gasteiger partial charge in [-0.2, -0.15) is 13.2 Å². The van der Waals surface area contributed by atoms with E-state index in [2.05, 4.69) is 4.98 Å². The molecule has 0 unspecified atom stereocenters. The highest BCUT2D eigenvalue weighted by atomic mass is 19.4. The molecule has 0 aromatic carbocycles. The summed E-state index contributed by atoms with van der Waals surface area (Å²) in [7, 11) is 0. The summed E-state index contributed by atoms with van der Waals surface area (Å²) >= 11 is 0. The van der Waals surface area contributed by atoms with Gasteiger partial charge in [0, 0.05) is 24.7 Å². The molecule has 1 aromatic heterocycles. The van der Waals surface area contributed by atoms with Gasteiger partial charge in [0.1, 0.15) is 0 Å². The van der Waals surface area contributed by atoms with Crippen molar-refractivity contribution in [1.82, 2.24) is 4.98 Å². The Morgan fingerprint density at radius 2 is 2.00 bits per heavy atom. The Morgan fingerprint density at radius 1 is 1.32 bits per heavy atom. The van der Waals surface area contributed by atoms with Gasteiger partial charge in [-0.15, -0.1) is 0 Å². The summed E-state index contributed by atoms with van der Waals surface area (Å²) < 4.78 is 41.2. The van der Waals surface area contributed by atoms with Crippen molar-refractivity contribution in [2.24, 2.45) is 5.73 Å². The molecule has 19 heavy (non-hydrogen) atoms. The molecule has 1 rings (SSSR count). The van der Waals surface area contributed by atoms with E-state index in [-0.39, 0.29) is 18.9 Å². The average Bonchev–Trinajstić information content (AvgIpc) is 2.33. The third-order valence-electron chi connectivity index (χ3n) is 2.56. The molecule has 0 atom stereocenters. The highest BCUT2D eigenvalue weighted by Crippen LogP contribution is 2.22. The third kappa shape index (κ3) is 5.92. The molecule has 1 aromatic rings. The highest BCUT2D eigenvalue weighted by molar-refractivity contribution is 5.26. The lowest BCUT2D eigenvalue weighted by Crippen LogP contribution is -2.10. The van der Waals surface area contributed by atoms with Gasteiger partial charge in [0.05, 0.1) is 6.61 Å². The predicted octanol–water partition coefficient (Wildman–Crippen LogP) is 3.39. The van der Waals surface area contributed by atoms with Crippen LogP contribution in [0.4, 0.5) is 13.2 Å². The van der Waals surface area contributed by atoms with E-state index in [1.165, 1.54) is 0 Å². The predicted molar refractivity (Wildman–Crippen MR) is 67.0 cm³/mol. The number of rotatable bonds is 6. The van der Waals surface area contributed by atoms with Crippen molar-refractivity contribution in [3.8, 4) is 5.88 Å². The van der Waals surface area contributed by atoms with Gasteiger partial charge in [-0.1, -0.05) is 13.8 Å². The standard InChI is InChI=1S/C13H19F3N2O/c1-9(2)11-6-10(8-17)7-12(18-11)19-5-3-4-13(14,15)16/h6-7,9H,3-5,8,17H2,1-2H3. The Labute approximate surface area is 111 Å². The SMILES string of the molecule is CC(C)c1cc(CN)cc(OCCCC(F)(F)F)n1. The van der Waals surface area contributed by atoms with E-state index in [0.717, 1.165) is 11.3 Å². The van der Waals surface area contributed by atoms with Crippen LogP contribution in [0.25, 0.3) is 0 Å². The van der Waals surface area contributed by atoms with E-state index in [4.69, 9.17) is 10.5 Å². The quantitative estimate of drug-likeness (QED) is 0.810. The van der Waals surface area contributed by atoms with Gasteiger partial charge in [-0.3, -0.25) is 0 Å². The average molecular weight is 276 g/mol. The number of pyridine rings is 1. The van der Waals surface area contributed by atoms with Crippen LogP contribution in [0.5, 0.6) is 5.88 Å². The Bertz CT molecular complexity index is 405. The first-order chi connectivity index (χ1) is 8.81. The fourth-order valence-corrected chi connectivity index (χ4v) is 1.52. The molecule has 1 heterocycles. The Balaban J connectivity index is 2.60. The van der Waals surface area contributed by atoms with Crippen LogP contribution < -0.4 is 10.5 Å². The summed E-state index contributed by atoms with van der Waals surface area (Å²) in [6, 6.07) is 3.55. The molecular formula is C13H19F3N2O. The first kappa shape index (κ1) is 15.8. The van der Waals surface area contributed by atoms with Gasteiger partial charge in [0.15, 0.2) is 0 Å². The van der Waals surface area contributed by atoms with Crippen LogP contribution in [0, 0.1) is 0 Å². The zero-order chi connectivity index (χ0) is 14.5. The molecule has 3 nitrogen and oxygen atoms in total. The number of nitrogens with two attached hydrogens (primary N) is 1. The zero-order valence-electron chi connectivity index (χ0n) is 11.1. The van der Waals surface area contributed by atoms with Crippen molar-refractivity contribution < 1.29 is 17.9 Å². The number of halogens is 3. The van der Waals surface area contributed by atoms with Crippen LogP contribution >= 0.6 is 0 Å². The molecule has 0 fully saturated rings.